The molecule has 106 valence electrons. The lowest BCUT2D eigenvalue weighted by Gasteiger charge is -2.23. The highest BCUT2D eigenvalue weighted by molar-refractivity contribution is 5.96. The summed E-state index contributed by atoms with van der Waals surface area (Å²) in [5, 5.41) is 0. The van der Waals surface area contributed by atoms with Crippen molar-refractivity contribution in [2.75, 3.05) is 13.2 Å². The number of carbonyl (C=O) groups excluding carboxylic acids is 2. The molecule has 1 amide bonds. The summed E-state index contributed by atoms with van der Waals surface area (Å²) < 4.78 is 4.85. The normalized spacial score (nSPS) is 9.60. The summed E-state index contributed by atoms with van der Waals surface area (Å²) in [5.74, 6) is 4.55. The molecule has 0 aliphatic rings. The maximum Gasteiger partial charge on any atom is 0.325 e. The van der Waals surface area contributed by atoms with Gasteiger partial charge in [-0.25, -0.2) is 0 Å². The molecule has 0 bridgehead atoms. The fourth-order valence-corrected chi connectivity index (χ4v) is 1.55. The van der Waals surface area contributed by atoms with Gasteiger partial charge in [0.25, 0.3) is 5.91 Å². The van der Waals surface area contributed by atoms with Gasteiger partial charge in [0.15, 0.2) is 0 Å². The Labute approximate surface area is 119 Å². The standard InChI is InChI=1S/C16H19NO3/c1-4-20-16(19)12-17(13(2)3)15(18)11-10-14-8-6-5-7-9-14/h5-9,13H,4,12H2,1-3H3. The van der Waals surface area contributed by atoms with E-state index < -0.39 is 5.97 Å². The van der Waals surface area contributed by atoms with E-state index in [1.54, 1.807) is 6.92 Å². The SMILES string of the molecule is CCOC(=O)CN(C(=O)C#Cc1ccccc1)C(C)C. The number of hydrogen-bond donors (Lipinski definition) is 0. The second kappa shape index (κ2) is 8.00. The molecule has 0 N–H and O–H groups in total. The molecular formula is C16H19NO3. The zero-order chi connectivity index (χ0) is 15.0. The third-order valence-electron chi connectivity index (χ3n) is 2.58. The van der Waals surface area contributed by atoms with Crippen LogP contribution in [0.1, 0.15) is 26.3 Å². The number of ether oxygens (including phenoxy) is 1. The van der Waals surface area contributed by atoms with Gasteiger partial charge in [0.05, 0.1) is 6.61 Å². The Balaban J connectivity index is 2.75. The summed E-state index contributed by atoms with van der Waals surface area (Å²) in [7, 11) is 0. The van der Waals surface area contributed by atoms with Crippen LogP contribution >= 0.6 is 0 Å². The van der Waals surface area contributed by atoms with E-state index in [9.17, 15) is 9.59 Å². The Kier molecular flexibility index (Phi) is 6.31. The van der Waals surface area contributed by atoms with E-state index in [1.807, 2.05) is 44.2 Å². The largest absolute Gasteiger partial charge is 0.465 e. The van der Waals surface area contributed by atoms with Gasteiger partial charge >= 0.3 is 5.97 Å². The van der Waals surface area contributed by atoms with Gasteiger partial charge in [-0.15, -0.1) is 0 Å². The van der Waals surface area contributed by atoms with Crippen LogP contribution in [0.15, 0.2) is 30.3 Å². The second-order valence-electron chi connectivity index (χ2n) is 4.45. The highest BCUT2D eigenvalue weighted by Crippen LogP contribution is 2.00. The summed E-state index contributed by atoms with van der Waals surface area (Å²) in [6.07, 6.45) is 0. The summed E-state index contributed by atoms with van der Waals surface area (Å²) in [4.78, 5) is 24.9. The average molecular weight is 273 g/mol. The molecule has 0 radical (unpaired) electrons. The molecule has 0 unspecified atom stereocenters. The fraction of sp³-hybridized carbons (Fsp3) is 0.375. The third-order valence-corrected chi connectivity index (χ3v) is 2.58. The zero-order valence-electron chi connectivity index (χ0n) is 12.1. The van der Waals surface area contributed by atoms with Crippen molar-refractivity contribution in [3.63, 3.8) is 0 Å². The van der Waals surface area contributed by atoms with Crippen molar-refractivity contribution in [1.82, 2.24) is 4.90 Å². The van der Waals surface area contributed by atoms with Crippen molar-refractivity contribution < 1.29 is 14.3 Å². The van der Waals surface area contributed by atoms with Crippen molar-refractivity contribution in [3.8, 4) is 11.8 Å². The van der Waals surface area contributed by atoms with Crippen molar-refractivity contribution in [3.05, 3.63) is 35.9 Å². The molecule has 0 spiro atoms. The minimum Gasteiger partial charge on any atom is -0.465 e. The van der Waals surface area contributed by atoms with Crippen molar-refractivity contribution in [1.29, 1.82) is 0 Å². The first kappa shape index (κ1) is 15.8. The second-order valence-corrected chi connectivity index (χ2v) is 4.45. The fourth-order valence-electron chi connectivity index (χ4n) is 1.55. The molecule has 0 fully saturated rings. The zero-order valence-corrected chi connectivity index (χ0v) is 12.1. The first-order valence-electron chi connectivity index (χ1n) is 6.58. The van der Waals surface area contributed by atoms with Crippen LogP contribution in [0, 0.1) is 11.8 Å². The number of amides is 1. The Morgan fingerprint density at radius 3 is 2.45 bits per heavy atom. The predicted octanol–water partition coefficient (Wildman–Crippen LogP) is 1.84. The quantitative estimate of drug-likeness (QED) is 0.621. The summed E-state index contributed by atoms with van der Waals surface area (Å²) in [5.41, 5.74) is 0.765. The molecule has 0 saturated carbocycles. The molecule has 1 rings (SSSR count). The number of nitrogens with zero attached hydrogens (tertiary/aromatic N) is 1. The van der Waals surface area contributed by atoms with Gasteiger partial charge in [0, 0.05) is 17.5 Å². The molecular weight excluding hydrogens is 254 g/mol. The molecule has 4 nitrogen and oxygen atoms in total. The maximum absolute atomic E-state index is 12.0. The summed E-state index contributed by atoms with van der Waals surface area (Å²) >= 11 is 0. The third kappa shape index (κ3) is 5.15. The van der Waals surface area contributed by atoms with Gasteiger partial charge in [-0.05, 0) is 32.9 Å². The Morgan fingerprint density at radius 2 is 1.90 bits per heavy atom. The maximum atomic E-state index is 12.0. The molecule has 1 aromatic carbocycles. The molecule has 0 saturated heterocycles. The lowest BCUT2D eigenvalue weighted by Crippen LogP contribution is -2.40. The number of rotatable bonds is 4. The highest BCUT2D eigenvalue weighted by atomic mass is 16.5. The minimum atomic E-state index is -0.420. The van der Waals surface area contributed by atoms with E-state index >= 15 is 0 Å². The van der Waals surface area contributed by atoms with Crippen LogP contribution < -0.4 is 0 Å². The lowest BCUT2D eigenvalue weighted by molar-refractivity contribution is -0.148. The molecule has 0 aliphatic carbocycles. The first-order valence-corrected chi connectivity index (χ1v) is 6.58. The van der Waals surface area contributed by atoms with E-state index in [1.165, 1.54) is 4.90 Å². The summed E-state index contributed by atoms with van der Waals surface area (Å²) in [6.45, 7) is 5.62. The van der Waals surface area contributed by atoms with Crippen LogP contribution in [0.4, 0.5) is 0 Å². The van der Waals surface area contributed by atoms with E-state index in [2.05, 4.69) is 11.8 Å². The molecule has 1 aromatic rings. The van der Waals surface area contributed by atoms with Gasteiger partial charge in [0.1, 0.15) is 6.54 Å². The van der Waals surface area contributed by atoms with Gasteiger partial charge in [-0.1, -0.05) is 24.1 Å². The van der Waals surface area contributed by atoms with E-state index in [4.69, 9.17) is 4.74 Å². The predicted molar refractivity (Wildman–Crippen MR) is 76.8 cm³/mol. The van der Waals surface area contributed by atoms with E-state index in [0.717, 1.165) is 5.56 Å². The van der Waals surface area contributed by atoms with Crippen LogP contribution in [-0.4, -0.2) is 36.0 Å². The topological polar surface area (TPSA) is 46.6 Å². The smallest absolute Gasteiger partial charge is 0.325 e. The average Bonchev–Trinajstić information content (AvgIpc) is 2.43. The van der Waals surface area contributed by atoms with Crippen LogP contribution in [0.5, 0.6) is 0 Å². The number of carbonyl (C=O) groups is 2. The minimum absolute atomic E-state index is 0.0756. The van der Waals surface area contributed by atoms with Gasteiger partial charge in [-0.2, -0.15) is 0 Å². The van der Waals surface area contributed by atoms with Crippen LogP contribution in [-0.2, 0) is 14.3 Å². The molecule has 0 aromatic heterocycles. The Morgan fingerprint density at radius 1 is 1.25 bits per heavy atom. The first-order chi connectivity index (χ1) is 9.54. The van der Waals surface area contributed by atoms with E-state index in [0.29, 0.717) is 6.61 Å². The molecule has 0 atom stereocenters. The monoisotopic (exact) mass is 273 g/mol. The Bertz CT molecular complexity index is 512. The molecule has 4 heteroatoms. The van der Waals surface area contributed by atoms with Crippen molar-refractivity contribution in [2.24, 2.45) is 0 Å². The number of esters is 1. The lowest BCUT2D eigenvalue weighted by atomic mass is 10.2. The highest BCUT2D eigenvalue weighted by Gasteiger charge is 2.19. The van der Waals surface area contributed by atoms with Gasteiger partial charge < -0.3 is 9.64 Å². The molecule has 0 aliphatic heterocycles. The Hall–Kier alpha value is -2.28. The van der Waals surface area contributed by atoms with Crippen molar-refractivity contribution in [2.45, 2.75) is 26.8 Å². The molecule has 0 heterocycles. The van der Waals surface area contributed by atoms with Crippen LogP contribution in [0.3, 0.4) is 0 Å². The van der Waals surface area contributed by atoms with E-state index in [-0.39, 0.29) is 18.5 Å². The number of benzene rings is 1. The van der Waals surface area contributed by atoms with Crippen LogP contribution in [0.25, 0.3) is 0 Å². The molecule has 20 heavy (non-hydrogen) atoms. The van der Waals surface area contributed by atoms with Crippen molar-refractivity contribution >= 4 is 11.9 Å². The number of hydrogen-bond acceptors (Lipinski definition) is 3. The van der Waals surface area contributed by atoms with Gasteiger partial charge in [0.2, 0.25) is 0 Å². The van der Waals surface area contributed by atoms with Gasteiger partial charge in [-0.3, -0.25) is 9.59 Å². The summed E-state index contributed by atoms with van der Waals surface area (Å²) in [6, 6.07) is 9.13. The van der Waals surface area contributed by atoms with Crippen LogP contribution in [0.2, 0.25) is 0 Å².